The molecule has 4 heteroatoms. The number of nitrogens with two attached hydrogens (primary N) is 1. The molecule has 102 valence electrons. The summed E-state index contributed by atoms with van der Waals surface area (Å²) >= 11 is 7.74. The van der Waals surface area contributed by atoms with E-state index >= 15 is 0 Å². The van der Waals surface area contributed by atoms with E-state index < -0.39 is 0 Å². The normalized spacial score (nSPS) is 12.8. The van der Waals surface area contributed by atoms with Crippen molar-refractivity contribution in [1.29, 1.82) is 0 Å². The van der Waals surface area contributed by atoms with E-state index in [1.54, 1.807) is 11.8 Å². The van der Waals surface area contributed by atoms with E-state index in [0.29, 0.717) is 5.02 Å². The lowest BCUT2D eigenvalue weighted by molar-refractivity contribution is 0.522. The van der Waals surface area contributed by atoms with Crippen LogP contribution < -0.4 is 5.73 Å². The van der Waals surface area contributed by atoms with Gasteiger partial charge in [0.1, 0.15) is 11.3 Å². The molecule has 0 radical (unpaired) electrons. The number of hydrogen-bond acceptors (Lipinski definition) is 3. The summed E-state index contributed by atoms with van der Waals surface area (Å²) in [6, 6.07) is 15.3. The SMILES string of the molecule is CSc1ccc(Cl)cc1C(N)c1cc2ccccc2o1. The molecule has 2 aromatic carbocycles. The molecule has 0 saturated carbocycles. The molecule has 2 N–H and O–H groups in total. The van der Waals surface area contributed by atoms with Crippen molar-refractivity contribution < 1.29 is 4.42 Å². The molecule has 0 fully saturated rings. The Morgan fingerprint density at radius 1 is 1.15 bits per heavy atom. The van der Waals surface area contributed by atoms with E-state index in [-0.39, 0.29) is 6.04 Å². The third kappa shape index (κ3) is 2.44. The van der Waals surface area contributed by atoms with Gasteiger partial charge in [0.15, 0.2) is 0 Å². The van der Waals surface area contributed by atoms with Crippen LogP contribution in [-0.2, 0) is 0 Å². The third-order valence-electron chi connectivity index (χ3n) is 3.28. The van der Waals surface area contributed by atoms with Gasteiger partial charge < -0.3 is 10.2 Å². The van der Waals surface area contributed by atoms with Gasteiger partial charge in [-0.2, -0.15) is 0 Å². The summed E-state index contributed by atoms with van der Waals surface area (Å²) in [6.07, 6.45) is 2.03. The van der Waals surface area contributed by atoms with Crippen LogP contribution in [0.5, 0.6) is 0 Å². The van der Waals surface area contributed by atoms with Crippen LogP contribution in [0.15, 0.2) is 57.8 Å². The van der Waals surface area contributed by atoms with Crippen LogP contribution in [0, 0.1) is 0 Å². The molecule has 2 nitrogen and oxygen atoms in total. The molecule has 0 spiro atoms. The predicted octanol–water partition coefficient (Wildman–Crippen LogP) is 4.86. The van der Waals surface area contributed by atoms with Gasteiger partial charge in [-0.25, -0.2) is 0 Å². The lowest BCUT2D eigenvalue weighted by atomic mass is 10.1. The Morgan fingerprint density at radius 3 is 2.70 bits per heavy atom. The molecule has 20 heavy (non-hydrogen) atoms. The Labute approximate surface area is 126 Å². The van der Waals surface area contributed by atoms with Gasteiger partial charge in [-0.3, -0.25) is 0 Å². The number of thioether (sulfide) groups is 1. The minimum atomic E-state index is -0.316. The number of rotatable bonds is 3. The van der Waals surface area contributed by atoms with Gasteiger partial charge in [0.2, 0.25) is 0 Å². The number of fused-ring (bicyclic) bond motifs is 1. The minimum Gasteiger partial charge on any atom is -0.459 e. The Hall–Kier alpha value is -1.42. The van der Waals surface area contributed by atoms with Crippen molar-refractivity contribution in [3.05, 3.63) is 64.9 Å². The van der Waals surface area contributed by atoms with Crippen LogP contribution in [0.1, 0.15) is 17.4 Å². The third-order valence-corrected chi connectivity index (χ3v) is 4.32. The van der Waals surface area contributed by atoms with Gasteiger partial charge in [-0.1, -0.05) is 29.8 Å². The van der Waals surface area contributed by atoms with Crippen LogP contribution in [0.2, 0.25) is 5.02 Å². The average Bonchev–Trinajstić information content (AvgIpc) is 2.90. The Kier molecular flexibility index (Phi) is 3.74. The number of halogens is 1. The summed E-state index contributed by atoms with van der Waals surface area (Å²) in [4.78, 5) is 1.11. The highest BCUT2D eigenvalue weighted by atomic mass is 35.5. The second kappa shape index (κ2) is 5.52. The molecule has 1 atom stereocenters. The standard InChI is InChI=1S/C16H14ClNOS/c1-20-15-7-6-11(17)9-12(15)16(18)14-8-10-4-2-3-5-13(10)19-14/h2-9,16H,18H2,1H3. The second-order valence-corrected chi connectivity index (χ2v) is 5.84. The first kappa shape index (κ1) is 13.6. The molecule has 3 rings (SSSR count). The van der Waals surface area contributed by atoms with E-state index in [9.17, 15) is 0 Å². The average molecular weight is 304 g/mol. The number of benzene rings is 2. The maximum absolute atomic E-state index is 6.36. The van der Waals surface area contributed by atoms with Gasteiger partial charge in [0.25, 0.3) is 0 Å². The van der Waals surface area contributed by atoms with Gasteiger partial charge in [-0.05, 0) is 42.2 Å². The maximum atomic E-state index is 6.36. The van der Waals surface area contributed by atoms with Crippen molar-refractivity contribution in [3.8, 4) is 0 Å². The van der Waals surface area contributed by atoms with Crippen LogP contribution in [0.3, 0.4) is 0 Å². The van der Waals surface area contributed by atoms with Crippen molar-refractivity contribution in [2.24, 2.45) is 5.73 Å². The molecule has 3 aromatic rings. The van der Waals surface area contributed by atoms with Crippen molar-refractivity contribution in [2.45, 2.75) is 10.9 Å². The fourth-order valence-corrected chi connectivity index (χ4v) is 3.06. The molecule has 1 heterocycles. The zero-order chi connectivity index (χ0) is 14.1. The summed E-state index contributed by atoms with van der Waals surface area (Å²) in [5, 5.41) is 1.75. The summed E-state index contributed by atoms with van der Waals surface area (Å²) < 4.78 is 5.85. The Morgan fingerprint density at radius 2 is 1.95 bits per heavy atom. The van der Waals surface area contributed by atoms with Crippen molar-refractivity contribution >= 4 is 34.3 Å². The maximum Gasteiger partial charge on any atom is 0.134 e. The lowest BCUT2D eigenvalue weighted by Crippen LogP contribution is -2.12. The number of para-hydroxylation sites is 1. The predicted molar refractivity (Wildman–Crippen MR) is 85.5 cm³/mol. The van der Waals surface area contributed by atoms with Crippen LogP contribution in [-0.4, -0.2) is 6.26 Å². The Bertz CT molecular complexity index is 720. The second-order valence-electron chi connectivity index (χ2n) is 4.55. The molecule has 1 unspecified atom stereocenters. The van der Waals surface area contributed by atoms with Crippen LogP contribution >= 0.6 is 23.4 Å². The van der Waals surface area contributed by atoms with E-state index in [2.05, 4.69) is 0 Å². The minimum absolute atomic E-state index is 0.316. The highest BCUT2D eigenvalue weighted by Crippen LogP contribution is 2.33. The molecule has 0 aliphatic heterocycles. The molecular weight excluding hydrogens is 290 g/mol. The van der Waals surface area contributed by atoms with Crippen molar-refractivity contribution in [1.82, 2.24) is 0 Å². The van der Waals surface area contributed by atoms with Gasteiger partial charge >= 0.3 is 0 Å². The van der Waals surface area contributed by atoms with Crippen LogP contribution in [0.25, 0.3) is 11.0 Å². The summed E-state index contributed by atoms with van der Waals surface area (Å²) in [5.74, 6) is 0.753. The fraction of sp³-hybridized carbons (Fsp3) is 0.125. The first-order valence-corrected chi connectivity index (χ1v) is 7.87. The summed E-state index contributed by atoms with van der Waals surface area (Å²) in [5.41, 5.74) is 8.20. The highest BCUT2D eigenvalue weighted by molar-refractivity contribution is 7.98. The molecule has 1 aromatic heterocycles. The summed E-state index contributed by atoms with van der Waals surface area (Å²) in [6.45, 7) is 0. The largest absolute Gasteiger partial charge is 0.459 e. The molecule has 0 saturated heterocycles. The first-order valence-electron chi connectivity index (χ1n) is 6.26. The topological polar surface area (TPSA) is 39.2 Å². The van der Waals surface area contributed by atoms with E-state index in [0.717, 1.165) is 27.2 Å². The monoisotopic (exact) mass is 303 g/mol. The summed E-state index contributed by atoms with van der Waals surface area (Å²) in [7, 11) is 0. The zero-order valence-corrected chi connectivity index (χ0v) is 12.5. The molecule has 0 bridgehead atoms. The molecular formula is C16H14ClNOS. The van der Waals surface area contributed by atoms with E-state index in [4.69, 9.17) is 21.8 Å². The number of furan rings is 1. The van der Waals surface area contributed by atoms with Crippen molar-refractivity contribution in [2.75, 3.05) is 6.26 Å². The van der Waals surface area contributed by atoms with E-state index in [1.807, 2.05) is 54.8 Å². The van der Waals surface area contributed by atoms with Gasteiger partial charge in [0, 0.05) is 15.3 Å². The van der Waals surface area contributed by atoms with Gasteiger partial charge in [0.05, 0.1) is 6.04 Å². The van der Waals surface area contributed by atoms with Crippen LogP contribution in [0.4, 0.5) is 0 Å². The zero-order valence-electron chi connectivity index (χ0n) is 11.0. The quantitative estimate of drug-likeness (QED) is 0.703. The smallest absolute Gasteiger partial charge is 0.134 e. The van der Waals surface area contributed by atoms with Crippen molar-refractivity contribution in [3.63, 3.8) is 0 Å². The molecule has 0 aliphatic rings. The van der Waals surface area contributed by atoms with Gasteiger partial charge in [-0.15, -0.1) is 11.8 Å². The fourth-order valence-electron chi connectivity index (χ4n) is 2.26. The number of hydrogen-bond donors (Lipinski definition) is 1. The molecule has 0 aliphatic carbocycles. The lowest BCUT2D eigenvalue weighted by Gasteiger charge is -2.13. The first-order chi connectivity index (χ1) is 9.69. The molecule has 0 amide bonds. The highest BCUT2D eigenvalue weighted by Gasteiger charge is 2.17. The van der Waals surface area contributed by atoms with E-state index in [1.165, 1.54) is 0 Å². The Balaban J connectivity index is 2.07.